The Morgan fingerprint density at radius 3 is 2.52 bits per heavy atom. The predicted molar refractivity (Wildman–Crippen MR) is 124 cm³/mol. The van der Waals surface area contributed by atoms with Crippen molar-refractivity contribution in [3.63, 3.8) is 0 Å². The van der Waals surface area contributed by atoms with Crippen molar-refractivity contribution >= 4 is 27.6 Å². The molecule has 33 heavy (non-hydrogen) atoms. The molecule has 0 saturated carbocycles. The maximum atomic E-state index is 13.4. The van der Waals surface area contributed by atoms with E-state index in [2.05, 4.69) is 5.32 Å². The van der Waals surface area contributed by atoms with E-state index in [0.29, 0.717) is 18.7 Å². The van der Waals surface area contributed by atoms with Gasteiger partial charge in [-0.2, -0.15) is 0 Å². The molecule has 0 bridgehead atoms. The topological polar surface area (TPSA) is 92.8 Å². The zero-order chi connectivity index (χ0) is 23.4. The molecule has 170 valence electrons. The zero-order valence-corrected chi connectivity index (χ0v) is 18.9. The maximum Gasteiger partial charge on any atom is 0.338 e. The monoisotopic (exact) mass is 464 g/mol. The highest BCUT2D eigenvalue weighted by molar-refractivity contribution is 7.92. The Balaban J connectivity index is 1.43. The number of rotatable bonds is 7. The lowest BCUT2D eigenvalue weighted by atomic mass is 10.1. The Morgan fingerprint density at radius 2 is 1.73 bits per heavy atom. The van der Waals surface area contributed by atoms with Gasteiger partial charge in [-0.3, -0.25) is 9.10 Å². The third kappa shape index (κ3) is 4.90. The Kier molecular flexibility index (Phi) is 6.46. The van der Waals surface area contributed by atoms with Gasteiger partial charge in [-0.1, -0.05) is 54.6 Å². The Hall–Kier alpha value is -3.65. The number of fused-ring (bicyclic) bond motifs is 1. The summed E-state index contributed by atoms with van der Waals surface area (Å²) in [7, 11) is -3.88. The predicted octanol–water partition coefficient (Wildman–Crippen LogP) is 3.30. The van der Waals surface area contributed by atoms with Crippen molar-refractivity contribution in [2.45, 2.75) is 30.8 Å². The van der Waals surface area contributed by atoms with Crippen LogP contribution >= 0.6 is 0 Å². The standard InChI is InChI=1S/C25H24N2O5S/c1-18-14-20-10-5-6-13-23(20)27(18)33(30,31)22-12-7-11-21(15-22)25(29)32-17-24(28)26-16-19-8-3-2-4-9-19/h2-13,15,18H,14,16-17H2,1H3,(H,26,28)/t18-/m0/s1. The van der Waals surface area contributed by atoms with Crippen molar-refractivity contribution < 1.29 is 22.7 Å². The van der Waals surface area contributed by atoms with Gasteiger partial charge in [0, 0.05) is 12.6 Å². The quantitative estimate of drug-likeness (QED) is 0.542. The molecule has 1 aliphatic rings. The second kappa shape index (κ2) is 9.46. The van der Waals surface area contributed by atoms with Gasteiger partial charge >= 0.3 is 5.97 Å². The molecule has 1 atom stereocenters. The van der Waals surface area contributed by atoms with E-state index in [1.54, 1.807) is 12.1 Å². The molecule has 4 rings (SSSR count). The molecule has 0 aromatic heterocycles. The number of hydrogen-bond acceptors (Lipinski definition) is 5. The molecule has 0 spiro atoms. The van der Waals surface area contributed by atoms with Crippen LogP contribution in [-0.4, -0.2) is 32.9 Å². The molecule has 3 aromatic carbocycles. The lowest BCUT2D eigenvalue weighted by Crippen LogP contribution is -2.35. The number of para-hydroxylation sites is 1. The first-order chi connectivity index (χ1) is 15.9. The van der Waals surface area contributed by atoms with Crippen LogP contribution in [0.1, 0.15) is 28.4 Å². The van der Waals surface area contributed by atoms with Gasteiger partial charge < -0.3 is 10.1 Å². The van der Waals surface area contributed by atoms with Crippen LogP contribution in [0.25, 0.3) is 0 Å². The number of amides is 1. The van der Waals surface area contributed by atoms with Gasteiger partial charge in [0.05, 0.1) is 16.1 Å². The first-order valence-electron chi connectivity index (χ1n) is 10.6. The first kappa shape index (κ1) is 22.5. The number of carbonyl (C=O) groups is 2. The number of anilines is 1. The van der Waals surface area contributed by atoms with Crippen LogP contribution in [0.15, 0.2) is 83.8 Å². The summed E-state index contributed by atoms with van der Waals surface area (Å²) in [6.07, 6.45) is 0.620. The molecule has 0 aliphatic carbocycles. The fourth-order valence-corrected chi connectivity index (χ4v) is 5.60. The Labute approximate surface area is 193 Å². The molecule has 0 unspecified atom stereocenters. The second-order valence-electron chi connectivity index (χ2n) is 7.85. The number of ether oxygens (including phenoxy) is 1. The van der Waals surface area contributed by atoms with Crippen molar-refractivity contribution in [1.29, 1.82) is 0 Å². The van der Waals surface area contributed by atoms with Crippen LogP contribution in [-0.2, 0) is 32.5 Å². The van der Waals surface area contributed by atoms with E-state index in [-0.39, 0.29) is 16.5 Å². The summed E-state index contributed by atoms with van der Waals surface area (Å²) in [6.45, 7) is 1.71. The third-order valence-corrected chi connectivity index (χ3v) is 7.36. The normalized spacial score (nSPS) is 15.1. The number of hydrogen-bond donors (Lipinski definition) is 1. The molecule has 1 aliphatic heterocycles. The van der Waals surface area contributed by atoms with Gasteiger partial charge in [0.2, 0.25) is 0 Å². The average Bonchev–Trinajstić information content (AvgIpc) is 3.18. The molecule has 1 amide bonds. The van der Waals surface area contributed by atoms with Crippen molar-refractivity contribution in [3.8, 4) is 0 Å². The highest BCUT2D eigenvalue weighted by Crippen LogP contribution is 2.36. The van der Waals surface area contributed by atoms with Crippen molar-refractivity contribution in [1.82, 2.24) is 5.32 Å². The second-order valence-corrected chi connectivity index (χ2v) is 9.66. The van der Waals surface area contributed by atoms with Crippen molar-refractivity contribution in [2.75, 3.05) is 10.9 Å². The van der Waals surface area contributed by atoms with Crippen molar-refractivity contribution in [2.24, 2.45) is 0 Å². The molecule has 1 heterocycles. The molecule has 0 fully saturated rings. The summed E-state index contributed by atoms with van der Waals surface area (Å²) in [5, 5.41) is 2.67. The highest BCUT2D eigenvalue weighted by Gasteiger charge is 2.36. The lowest BCUT2D eigenvalue weighted by Gasteiger charge is -2.24. The summed E-state index contributed by atoms with van der Waals surface area (Å²) < 4.78 is 33.2. The fraction of sp³-hybridized carbons (Fsp3) is 0.200. The average molecular weight is 465 g/mol. The summed E-state index contributed by atoms with van der Waals surface area (Å²) in [6, 6.07) is 22.2. The SMILES string of the molecule is C[C@H]1Cc2ccccc2N1S(=O)(=O)c1cccc(C(=O)OCC(=O)NCc2ccccc2)c1. The van der Waals surface area contributed by atoms with Crippen LogP contribution in [0, 0.1) is 0 Å². The molecule has 0 saturated heterocycles. The van der Waals surface area contributed by atoms with Crippen LogP contribution in [0.5, 0.6) is 0 Å². The van der Waals surface area contributed by atoms with E-state index >= 15 is 0 Å². The number of carbonyl (C=O) groups excluding carboxylic acids is 2. The maximum absolute atomic E-state index is 13.4. The molecule has 3 aromatic rings. The minimum Gasteiger partial charge on any atom is -0.452 e. The summed E-state index contributed by atoms with van der Waals surface area (Å²) >= 11 is 0. The first-order valence-corrected chi connectivity index (χ1v) is 12.0. The Bertz CT molecular complexity index is 1270. The van der Waals surface area contributed by atoms with E-state index in [1.807, 2.05) is 49.4 Å². The number of nitrogens with one attached hydrogen (secondary N) is 1. The van der Waals surface area contributed by atoms with E-state index in [1.165, 1.54) is 28.6 Å². The van der Waals surface area contributed by atoms with E-state index in [9.17, 15) is 18.0 Å². The molecule has 0 radical (unpaired) electrons. The molecule has 8 heteroatoms. The summed E-state index contributed by atoms with van der Waals surface area (Å²) in [5.74, 6) is -1.21. The number of esters is 1. The van der Waals surface area contributed by atoms with Crippen LogP contribution < -0.4 is 9.62 Å². The molecule has 1 N–H and O–H groups in total. The van der Waals surface area contributed by atoms with Gasteiger partial charge in [0.1, 0.15) is 0 Å². The number of benzene rings is 3. The minimum absolute atomic E-state index is 0.00553. The van der Waals surface area contributed by atoms with Gasteiger partial charge in [-0.15, -0.1) is 0 Å². The Morgan fingerprint density at radius 1 is 1.00 bits per heavy atom. The van der Waals surface area contributed by atoms with E-state index in [4.69, 9.17) is 4.74 Å². The number of nitrogens with zero attached hydrogens (tertiary/aromatic N) is 1. The third-order valence-electron chi connectivity index (χ3n) is 5.44. The van der Waals surface area contributed by atoms with Gasteiger partial charge in [0.25, 0.3) is 15.9 Å². The molecule has 7 nitrogen and oxygen atoms in total. The molecular weight excluding hydrogens is 440 g/mol. The van der Waals surface area contributed by atoms with E-state index < -0.39 is 28.5 Å². The summed E-state index contributed by atoms with van der Waals surface area (Å²) in [5.41, 5.74) is 2.60. The number of sulfonamides is 1. The van der Waals surface area contributed by atoms with Crippen LogP contribution in [0.2, 0.25) is 0 Å². The zero-order valence-electron chi connectivity index (χ0n) is 18.1. The smallest absolute Gasteiger partial charge is 0.338 e. The minimum atomic E-state index is -3.88. The van der Waals surface area contributed by atoms with Gasteiger partial charge in [-0.25, -0.2) is 13.2 Å². The summed E-state index contributed by atoms with van der Waals surface area (Å²) in [4.78, 5) is 24.5. The molecular formula is C25H24N2O5S. The van der Waals surface area contributed by atoms with Crippen molar-refractivity contribution in [3.05, 3.63) is 95.6 Å². The highest BCUT2D eigenvalue weighted by atomic mass is 32.2. The van der Waals surface area contributed by atoms with Gasteiger partial charge in [0.15, 0.2) is 6.61 Å². The van der Waals surface area contributed by atoms with Crippen LogP contribution in [0.3, 0.4) is 0 Å². The largest absolute Gasteiger partial charge is 0.452 e. The van der Waals surface area contributed by atoms with Crippen LogP contribution in [0.4, 0.5) is 5.69 Å². The lowest BCUT2D eigenvalue weighted by molar-refractivity contribution is -0.124. The van der Waals surface area contributed by atoms with E-state index in [0.717, 1.165) is 11.1 Å². The van der Waals surface area contributed by atoms with Gasteiger partial charge in [-0.05, 0) is 48.7 Å². The fourth-order valence-electron chi connectivity index (χ4n) is 3.86.